The number of benzene rings is 4. The van der Waals surface area contributed by atoms with Crippen LogP contribution in [0.1, 0.15) is 49.4 Å². The van der Waals surface area contributed by atoms with Crippen LogP contribution >= 0.6 is 0 Å². The molecule has 3 aliphatic rings. The zero-order chi connectivity index (χ0) is 28.8. The van der Waals surface area contributed by atoms with Crippen molar-refractivity contribution in [3.63, 3.8) is 0 Å². The maximum absolute atomic E-state index is 13.4. The van der Waals surface area contributed by atoms with E-state index in [-0.39, 0.29) is 18.0 Å². The van der Waals surface area contributed by atoms with Crippen LogP contribution in [0.4, 0.5) is 26.3 Å². The summed E-state index contributed by atoms with van der Waals surface area (Å²) in [5.41, 5.74) is 5.36. The quantitative estimate of drug-likeness (QED) is 0.230. The molecule has 0 bridgehead atoms. The zero-order valence-corrected chi connectivity index (χ0v) is 20.9. The second-order valence-electron chi connectivity index (χ2n) is 10.2. The van der Waals surface area contributed by atoms with Gasteiger partial charge < -0.3 is 0 Å². The summed E-state index contributed by atoms with van der Waals surface area (Å²) in [4.78, 5) is 26.8. The summed E-state index contributed by atoms with van der Waals surface area (Å²) in [7, 11) is 0. The first kappa shape index (κ1) is 25.3. The van der Waals surface area contributed by atoms with E-state index in [0.29, 0.717) is 66.8 Å². The fourth-order valence-corrected chi connectivity index (χ4v) is 5.93. The average Bonchev–Trinajstić information content (AvgIpc) is 3.55. The molecule has 8 heteroatoms. The molecule has 0 fully saturated rings. The Morgan fingerprint density at radius 2 is 0.780 bits per heavy atom. The summed E-state index contributed by atoms with van der Waals surface area (Å²) in [5, 5.41) is 0. The molecule has 0 aromatic heterocycles. The number of allylic oxidation sites excluding steroid dienone is 4. The maximum atomic E-state index is 13.4. The molecule has 0 unspecified atom stereocenters. The third-order valence-corrected chi connectivity index (χ3v) is 7.91. The Kier molecular flexibility index (Phi) is 5.17. The molecule has 0 N–H and O–H groups in total. The van der Waals surface area contributed by atoms with Crippen molar-refractivity contribution in [2.45, 2.75) is 18.8 Å². The second kappa shape index (κ2) is 8.39. The minimum Gasteiger partial charge on any atom is -0.289 e. The van der Waals surface area contributed by atoms with Gasteiger partial charge in [0, 0.05) is 28.7 Å². The molecule has 3 aliphatic carbocycles. The summed E-state index contributed by atoms with van der Waals surface area (Å²) in [6.45, 7) is 0. The lowest BCUT2D eigenvalue weighted by atomic mass is 9.91. The Hall–Kier alpha value is -4.72. The standard InChI is InChI=1S/C33H16F6O2/c34-32(35,36)20-7-1-16(2-8-20)18-5-11-22-24(13-18)30(40)26-15-27-29(28(22)26)23-12-6-19(14-25(23)31(27)41)17-3-9-21(10-4-17)33(37,38)39/h1-14H,15H2. The number of carbonyl (C=O) groups is 2. The predicted octanol–water partition coefficient (Wildman–Crippen LogP) is 9.06. The normalized spacial score (nSPS) is 15.9. The Bertz CT molecular complexity index is 1750. The second-order valence-corrected chi connectivity index (χ2v) is 10.2. The number of Topliss-reactive ketones (excluding diaryl/α,β-unsaturated/α-hetero) is 2. The maximum Gasteiger partial charge on any atom is 0.416 e. The minimum atomic E-state index is -4.45. The molecule has 4 aromatic rings. The van der Waals surface area contributed by atoms with E-state index < -0.39 is 23.5 Å². The highest BCUT2D eigenvalue weighted by Gasteiger charge is 2.44. The van der Waals surface area contributed by atoms with E-state index in [1.54, 1.807) is 36.4 Å². The number of ketones is 2. The molecule has 0 spiro atoms. The van der Waals surface area contributed by atoms with Gasteiger partial charge in [0.2, 0.25) is 0 Å². The number of fused-ring (bicyclic) bond motifs is 5. The van der Waals surface area contributed by atoms with Crippen molar-refractivity contribution in [2.75, 3.05) is 0 Å². The largest absolute Gasteiger partial charge is 0.416 e. The summed E-state index contributed by atoms with van der Waals surface area (Å²) in [5.74, 6) is -0.428. The Balaban J connectivity index is 1.23. The number of halogens is 6. The topological polar surface area (TPSA) is 34.1 Å². The average molecular weight is 558 g/mol. The Morgan fingerprint density at radius 1 is 0.439 bits per heavy atom. The molecule has 0 saturated heterocycles. The lowest BCUT2D eigenvalue weighted by Gasteiger charge is -2.12. The molecule has 202 valence electrons. The fourth-order valence-electron chi connectivity index (χ4n) is 5.93. The van der Waals surface area contributed by atoms with Crippen LogP contribution in [0.25, 0.3) is 33.4 Å². The van der Waals surface area contributed by atoms with Crippen LogP contribution in [-0.2, 0) is 12.4 Å². The highest BCUT2D eigenvalue weighted by atomic mass is 19.4. The van der Waals surface area contributed by atoms with Crippen molar-refractivity contribution in [3.05, 3.63) is 129 Å². The number of hydrogen-bond donors (Lipinski definition) is 0. The van der Waals surface area contributed by atoms with E-state index in [4.69, 9.17) is 0 Å². The van der Waals surface area contributed by atoms with Crippen molar-refractivity contribution in [3.8, 4) is 22.3 Å². The highest BCUT2D eigenvalue weighted by Crippen LogP contribution is 2.55. The van der Waals surface area contributed by atoms with Crippen LogP contribution in [0.3, 0.4) is 0 Å². The van der Waals surface area contributed by atoms with Gasteiger partial charge in [-0.25, -0.2) is 0 Å². The van der Waals surface area contributed by atoms with E-state index >= 15 is 0 Å². The molecule has 0 aliphatic heterocycles. The minimum absolute atomic E-state index is 0.164. The van der Waals surface area contributed by atoms with Crippen LogP contribution in [0.2, 0.25) is 0 Å². The van der Waals surface area contributed by atoms with Gasteiger partial charge in [-0.15, -0.1) is 0 Å². The number of carbonyl (C=O) groups excluding carboxylic acids is 2. The highest BCUT2D eigenvalue weighted by molar-refractivity contribution is 6.39. The molecule has 7 rings (SSSR count). The molecular formula is C33H16F6O2. The molecule has 0 radical (unpaired) electrons. The molecular weight excluding hydrogens is 542 g/mol. The third kappa shape index (κ3) is 3.81. The predicted molar refractivity (Wildman–Crippen MR) is 141 cm³/mol. The van der Waals surface area contributed by atoms with Crippen LogP contribution < -0.4 is 0 Å². The summed E-state index contributed by atoms with van der Waals surface area (Å²) >= 11 is 0. The van der Waals surface area contributed by atoms with Crippen LogP contribution in [0.15, 0.2) is 96.1 Å². The van der Waals surface area contributed by atoms with E-state index in [1.807, 2.05) is 0 Å². The summed E-state index contributed by atoms with van der Waals surface area (Å²) < 4.78 is 77.8. The molecule has 2 nitrogen and oxygen atoms in total. The van der Waals surface area contributed by atoms with Gasteiger partial charge in [0.05, 0.1) is 11.1 Å². The van der Waals surface area contributed by atoms with E-state index in [9.17, 15) is 35.9 Å². The van der Waals surface area contributed by atoms with Crippen molar-refractivity contribution < 1.29 is 35.9 Å². The zero-order valence-electron chi connectivity index (χ0n) is 20.9. The first-order valence-corrected chi connectivity index (χ1v) is 12.6. The van der Waals surface area contributed by atoms with Crippen LogP contribution in [-0.4, -0.2) is 11.6 Å². The van der Waals surface area contributed by atoms with Gasteiger partial charge in [-0.1, -0.05) is 48.5 Å². The molecule has 4 aromatic carbocycles. The first-order chi connectivity index (χ1) is 19.4. The van der Waals surface area contributed by atoms with Gasteiger partial charge in [-0.05, 0) is 80.9 Å². The van der Waals surface area contributed by atoms with Gasteiger partial charge in [0.25, 0.3) is 0 Å². The smallest absolute Gasteiger partial charge is 0.289 e. The fraction of sp³-hybridized carbons (Fsp3) is 0.0909. The molecule has 0 heterocycles. The van der Waals surface area contributed by atoms with Gasteiger partial charge in [-0.2, -0.15) is 26.3 Å². The van der Waals surface area contributed by atoms with Gasteiger partial charge in [0.1, 0.15) is 0 Å². The third-order valence-electron chi connectivity index (χ3n) is 7.91. The number of alkyl halides is 6. The number of rotatable bonds is 2. The summed E-state index contributed by atoms with van der Waals surface area (Å²) in [6.07, 6.45) is -8.73. The Labute approximate surface area is 229 Å². The number of hydrogen-bond acceptors (Lipinski definition) is 2. The van der Waals surface area contributed by atoms with E-state index in [1.165, 1.54) is 24.3 Å². The molecule has 41 heavy (non-hydrogen) atoms. The summed E-state index contributed by atoms with van der Waals surface area (Å²) in [6, 6.07) is 19.8. The van der Waals surface area contributed by atoms with Crippen molar-refractivity contribution in [2.24, 2.45) is 0 Å². The monoisotopic (exact) mass is 558 g/mol. The lowest BCUT2D eigenvalue weighted by molar-refractivity contribution is -0.138. The van der Waals surface area contributed by atoms with Crippen molar-refractivity contribution in [1.82, 2.24) is 0 Å². The SMILES string of the molecule is O=C1C2=C(C3=C(C2)C(=O)c2cc(-c4ccc(C(F)(F)F)cc4)ccc23)c2ccc(-c3ccc(C(F)(F)F)cc3)cc21. The van der Waals surface area contributed by atoms with Crippen LogP contribution in [0.5, 0.6) is 0 Å². The van der Waals surface area contributed by atoms with Gasteiger partial charge in [-0.3, -0.25) is 9.59 Å². The van der Waals surface area contributed by atoms with Gasteiger partial charge >= 0.3 is 12.4 Å². The van der Waals surface area contributed by atoms with E-state index in [2.05, 4.69) is 0 Å². The van der Waals surface area contributed by atoms with E-state index in [0.717, 1.165) is 24.3 Å². The molecule has 0 saturated carbocycles. The van der Waals surface area contributed by atoms with Gasteiger partial charge in [0.15, 0.2) is 11.6 Å². The Morgan fingerprint density at radius 3 is 1.12 bits per heavy atom. The lowest BCUT2D eigenvalue weighted by Crippen LogP contribution is -2.05. The van der Waals surface area contributed by atoms with Crippen molar-refractivity contribution >= 4 is 22.7 Å². The first-order valence-electron chi connectivity index (χ1n) is 12.6. The van der Waals surface area contributed by atoms with Crippen LogP contribution in [0, 0.1) is 0 Å². The molecule has 0 atom stereocenters. The van der Waals surface area contributed by atoms with Crippen molar-refractivity contribution in [1.29, 1.82) is 0 Å². The molecule has 0 amide bonds.